The number of aliphatic hydroxyl groups excluding tert-OH is 1. The minimum Gasteiger partial charge on any atom is -0.392 e. The lowest BCUT2D eigenvalue weighted by Gasteiger charge is -2.22. The first kappa shape index (κ1) is 9.53. The molecule has 0 spiro atoms. The lowest BCUT2D eigenvalue weighted by molar-refractivity contribution is 0.282. The summed E-state index contributed by atoms with van der Waals surface area (Å²) in [5.41, 5.74) is 3.60. The first-order valence-corrected chi connectivity index (χ1v) is 5.27. The van der Waals surface area contributed by atoms with E-state index < -0.39 is 0 Å². The Balaban J connectivity index is 2.37. The maximum Gasteiger partial charge on any atom is 0.0702 e. The Labute approximate surface area is 85.2 Å². The molecule has 1 aliphatic rings. The maximum absolute atomic E-state index is 9.28. The molecule has 14 heavy (non-hydrogen) atoms. The summed E-state index contributed by atoms with van der Waals surface area (Å²) >= 11 is 0. The van der Waals surface area contributed by atoms with E-state index in [4.69, 9.17) is 0 Å². The monoisotopic (exact) mass is 191 g/mol. The summed E-state index contributed by atoms with van der Waals surface area (Å²) in [7, 11) is 0. The van der Waals surface area contributed by atoms with Crippen molar-refractivity contribution in [3.8, 4) is 0 Å². The van der Waals surface area contributed by atoms with Gasteiger partial charge in [0.05, 0.1) is 6.61 Å². The van der Waals surface area contributed by atoms with Crippen molar-refractivity contribution in [3.05, 3.63) is 29.3 Å². The molecule has 0 atom stereocenters. The number of hydrogen-bond donors (Lipinski definition) is 1. The summed E-state index contributed by atoms with van der Waals surface area (Å²) < 4.78 is 0. The van der Waals surface area contributed by atoms with Crippen molar-refractivity contribution in [1.29, 1.82) is 0 Å². The fraction of sp³-hybridized carbons (Fsp3) is 0.500. The Morgan fingerprint density at radius 1 is 1.29 bits per heavy atom. The van der Waals surface area contributed by atoms with Gasteiger partial charge in [-0.1, -0.05) is 18.2 Å². The van der Waals surface area contributed by atoms with Crippen molar-refractivity contribution in [1.82, 2.24) is 0 Å². The van der Waals surface area contributed by atoms with Crippen LogP contribution in [0.5, 0.6) is 0 Å². The topological polar surface area (TPSA) is 23.5 Å². The molecule has 0 unspecified atom stereocenters. The summed E-state index contributed by atoms with van der Waals surface area (Å²) in [6, 6.07) is 6.15. The molecule has 0 aliphatic carbocycles. The number of nitrogens with zero attached hydrogens (tertiary/aromatic N) is 1. The second kappa shape index (κ2) is 4.01. The average molecular weight is 191 g/mol. The van der Waals surface area contributed by atoms with E-state index in [2.05, 4.69) is 17.9 Å². The molecule has 1 heterocycles. The van der Waals surface area contributed by atoms with Gasteiger partial charge in [-0.15, -0.1) is 0 Å². The van der Waals surface area contributed by atoms with Gasteiger partial charge in [-0.05, 0) is 25.3 Å². The number of aryl methyl sites for hydroxylation is 1. The van der Waals surface area contributed by atoms with Crippen molar-refractivity contribution < 1.29 is 5.11 Å². The SMILES string of the molecule is Cc1cccc(CO)c1N1CCCC1. The number of aliphatic hydroxyl groups is 1. The molecular formula is C12H17NO. The van der Waals surface area contributed by atoms with Crippen LogP contribution in [-0.2, 0) is 6.61 Å². The number of hydrogen-bond acceptors (Lipinski definition) is 2. The molecule has 2 rings (SSSR count). The zero-order valence-electron chi connectivity index (χ0n) is 8.66. The minimum absolute atomic E-state index is 0.146. The molecular weight excluding hydrogens is 174 g/mol. The normalized spacial score (nSPS) is 16.3. The molecule has 0 aromatic heterocycles. The van der Waals surface area contributed by atoms with Crippen LogP contribution < -0.4 is 4.90 Å². The van der Waals surface area contributed by atoms with E-state index >= 15 is 0 Å². The van der Waals surface area contributed by atoms with Crippen LogP contribution in [0, 0.1) is 6.92 Å². The lowest BCUT2D eigenvalue weighted by atomic mass is 10.1. The molecule has 2 nitrogen and oxygen atoms in total. The molecule has 0 saturated carbocycles. The van der Waals surface area contributed by atoms with E-state index in [1.165, 1.54) is 24.1 Å². The highest BCUT2D eigenvalue weighted by atomic mass is 16.3. The Bertz CT molecular complexity index is 316. The highest BCUT2D eigenvalue weighted by molar-refractivity contribution is 5.59. The van der Waals surface area contributed by atoms with Gasteiger partial charge in [-0.25, -0.2) is 0 Å². The Hall–Kier alpha value is -1.02. The summed E-state index contributed by atoms with van der Waals surface area (Å²) in [5.74, 6) is 0. The standard InChI is InChI=1S/C12H17NO/c1-10-5-4-6-11(9-14)12(10)13-7-2-3-8-13/h4-6,14H,2-3,7-9H2,1H3. The molecule has 0 bridgehead atoms. The van der Waals surface area contributed by atoms with E-state index in [-0.39, 0.29) is 6.61 Å². The fourth-order valence-corrected chi connectivity index (χ4v) is 2.24. The highest BCUT2D eigenvalue weighted by Crippen LogP contribution is 2.28. The Morgan fingerprint density at radius 3 is 2.64 bits per heavy atom. The van der Waals surface area contributed by atoms with Gasteiger partial charge in [0, 0.05) is 24.3 Å². The van der Waals surface area contributed by atoms with Crippen molar-refractivity contribution in [2.75, 3.05) is 18.0 Å². The van der Waals surface area contributed by atoms with E-state index in [0.29, 0.717) is 0 Å². The van der Waals surface area contributed by atoms with Gasteiger partial charge in [0.1, 0.15) is 0 Å². The van der Waals surface area contributed by atoms with Crippen LogP contribution >= 0.6 is 0 Å². The van der Waals surface area contributed by atoms with Gasteiger partial charge in [-0.2, -0.15) is 0 Å². The predicted octanol–water partition coefficient (Wildman–Crippen LogP) is 2.09. The minimum atomic E-state index is 0.146. The summed E-state index contributed by atoms with van der Waals surface area (Å²) in [6.07, 6.45) is 2.55. The smallest absolute Gasteiger partial charge is 0.0702 e. The largest absolute Gasteiger partial charge is 0.392 e. The van der Waals surface area contributed by atoms with E-state index in [0.717, 1.165) is 18.7 Å². The first-order valence-electron chi connectivity index (χ1n) is 5.27. The third-order valence-corrected chi connectivity index (χ3v) is 2.91. The van der Waals surface area contributed by atoms with Gasteiger partial charge in [-0.3, -0.25) is 0 Å². The van der Waals surface area contributed by atoms with Crippen LogP contribution in [0.15, 0.2) is 18.2 Å². The van der Waals surface area contributed by atoms with Crippen LogP contribution in [0.4, 0.5) is 5.69 Å². The van der Waals surface area contributed by atoms with Crippen molar-refractivity contribution in [3.63, 3.8) is 0 Å². The zero-order valence-corrected chi connectivity index (χ0v) is 8.66. The summed E-state index contributed by atoms with van der Waals surface area (Å²) in [6.45, 7) is 4.54. The van der Waals surface area contributed by atoms with Crippen molar-refractivity contribution in [2.24, 2.45) is 0 Å². The Morgan fingerprint density at radius 2 is 2.00 bits per heavy atom. The highest BCUT2D eigenvalue weighted by Gasteiger charge is 2.16. The quantitative estimate of drug-likeness (QED) is 0.773. The van der Waals surface area contributed by atoms with Crippen LogP contribution in [-0.4, -0.2) is 18.2 Å². The predicted molar refractivity (Wildman–Crippen MR) is 58.5 cm³/mol. The summed E-state index contributed by atoms with van der Waals surface area (Å²) in [5, 5.41) is 9.28. The molecule has 0 radical (unpaired) electrons. The van der Waals surface area contributed by atoms with Gasteiger partial charge in [0.25, 0.3) is 0 Å². The number of benzene rings is 1. The van der Waals surface area contributed by atoms with Gasteiger partial charge >= 0.3 is 0 Å². The zero-order chi connectivity index (χ0) is 9.97. The molecule has 2 heteroatoms. The number of anilines is 1. The average Bonchev–Trinajstić information content (AvgIpc) is 2.70. The molecule has 1 saturated heterocycles. The summed E-state index contributed by atoms with van der Waals surface area (Å²) in [4.78, 5) is 2.39. The fourth-order valence-electron chi connectivity index (χ4n) is 2.24. The molecule has 76 valence electrons. The van der Waals surface area contributed by atoms with Crippen molar-refractivity contribution in [2.45, 2.75) is 26.4 Å². The maximum atomic E-state index is 9.28. The molecule has 0 amide bonds. The molecule has 1 aromatic carbocycles. The lowest BCUT2D eigenvalue weighted by Crippen LogP contribution is -2.20. The third kappa shape index (κ3) is 1.62. The van der Waals surface area contributed by atoms with E-state index in [1.807, 2.05) is 12.1 Å². The Kier molecular flexibility index (Phi) is 2.73. The molecule has 1 aromatic rings. The van der Waals surface area contributed by atoms with Gasteiger partial charge in [0.2, 0.25) is 0 Å². The number of para-hydroxylation sites is 1. The second-order valence-corrected chi connectivity index (χ2v) is 3.93. The van der Waals surface area contributed by atoms with Crippen LogP contribution in [0.1, 0.15) is 24.0 Å². The van der Waals surface area contributed by atoms with Crippen LogP contribution in [0.3, 0.4) is 0 Å². The molecule has 1 fully saturated rings. The first-order chi connectivity index (χ1) is 6.83. The van der Waals surface area contributed by atoms with Crippen LogP contribution in [0.2, 0.25) is 0 Å². The molecule has 1 N–H and O–H groups in total. The third-order valence-electron chi connectivity index (χ3n) is 2.91. The van der Waals surface area contributed by atoms with Gasteiger partial charge < -0.3 is 10.0 Å². The van der Waals surface area contributed by atoms with Crippen LogP contribution in [0.25, 0.3) is 0 Å². The van der Waals surface area contributed by atoms with Gasteiger partial charge in [0.15, 0.2) is 0 Å². The van der Waals surface area contributed by atoms with Crippen molar-refractivity contribution >= 4 is 5.69 Å². The van der Waals surface area contributed by atoms with E-state index in [9.17, 15) is 5.11 Å². The van der Waals surface area contributed by atoms with E-state index in [1.54, 1.807) is 0 Å². The number of rotatable bonds is 2. The second-order valence-electron chi connectivity index (χ2n) is 3.93. The molecule has 1 aliphatic heterocycles.